The van der Waals surface area contributed by atoms with Gasteiger partial charge in [0.25, 0.3) is 0 Å². The first-order valence-corrected chi connectivity index (χ1v) is 7.41. The maximum atomic E-state index is 12.1. The molecule has 1 aromatic heterocycles. The third kappa shape index (κ3) is 2.75. The summed E-state index contributed by atoms with van der Waals surface area (Å²) < 4.78 is 0. The van der Waals surface area contributed by atoms with Gasteiger partial charge in [-0.3, -0.25) is 10.1 Å². The van der Waals surface area contributed by atoms with E-state index >= 15 is 0 Å². The summed E-state index contributed by atoms with van der Waals surface area (Å²) in [5.74, 6) is 0.832. The van der Waals surface area contributed by atoms with Gasteiger partial charge in [0.2, 0.25) is 5.91 Å². The number of hydrogen-bond acceptors (Lipinski definition) is 3. The molecule has 0 spiro atoms. The van der Waals surface area contributed by atoms with E-state index in [2.05, 4.69) is 45.1 Å². The highest BCUT2D eigenvalue weighted by molar-refractivity contribution is 7.12. The van der Waals surface area contributed by atoms with Crippen molar-refractivity contribution in [2.24, 2.45) is 5.92 Å². The Morgan fingerprint density at radius 2 is 2.17 bits per heavy atom. The Hall–Kier alpha value is -0.870. The number of aryl methyl sites for hydroxylation is 1. The van der Waals surface area contributed by atoms with Crippen molar-refractivity contribution in [2.75, 3.05) is 6.54 Å². The number of thiophene rings is 1. The van der Waals surface area contributed by atoms with Crippen molar-refractivity contribution in [1.82, 2.24) is 10.2 Å². The molecule has 1 aliphatic rings. The van der Waals surface area contributed by atoms with Crippen LogP contribution in [0.5, 0.6) is 0 Å². The molecule has 0 aromatic carbocycles. The van der Waals surface area contributed by atoms with Crippen molar-refractivity contribution < 1.29 is 4.79 Å². The van der Waals surface area contributed by atoms with E-state index in [1.807, 2.05) is 4.90 Å². The minimum atomic E-state index is 0.0740. The van der Waals surface area contributed by atoms with Gasteiger partial charge in [-0.2, -0.15) is 0 Å². The SMILES string of the molecule is Cc1ccc(C2NCC(=O)N2C(C)CC(C)C)s1. The van der Waals surface area contributed by atoms with Crippen LogP contribution in [0.4, 0.5) is 0 Å². The molecule has 1 N–H and O–H groups in total. The zero-order chi connectivity index (χ0) is 13.3. The average Bonchev–Trinajstić information content (AvgIpc) is 2.83. The molecule has 1 saturated heterocycles. The summed E-state index contributed by atoms with van der Waals surface area (Å²) in [6.07, 6.45) is 1.12. The lowest BCUT2D eigenvalue weighted by Crippen LogP contribution is -2.38. The van der Waals surface area contributed by atoms with E-state index < -0.39 is 0 Å². The van der Waals surface area contributed by atoms with Crippen LogP contribution in [-0.4, -0.2) is 23.4 Å². The maximum Gasteiger partial charge on any atom is 0.238 e. The first-order chi connectivity index (χ1) is 8.49. The molecule has 0 radical (unpaired) electrons. The topological polar surface area (TPSA) is 32.3 Å². The molecule has 3 nitrogen and oxygen atoms in total. The summed E-state index contributed by atoms with van der Waals surface area (Å²) >= 11 is 1.77. The molecular weight excluding hydrogens is 244 g/mol. The number of amides is 1. The van der Waals surface area contributed by atoms with Crippen molar-refractivity contribution in [3.63, 3.8) is 0 Å². The molecule has 1 amide bonds. The number of nitrogens with one attached hydrogen (secondary N) is 1. The smallest absolute Gasteiger partial charge is 0.238 e. The second kappa shape index (κ2) is 5.41. The van der Waals surface area contributed by atoms with Crippen LogP contribution in [0.2, 0.25) is 0 Å². The Morgan fingerprint density at radius 3 is 2.72 bits per heavy atom. The minimum Gasteiger partial charge on any atom is -0.318 e. The summed E-state index contributed by atoms with van der Waals surface area (Å²) in [7, 11) is 0. The number of carbonyl (C=O) groups is 1. The van der Waals surface area contributed by atoms with E-state index in [1.54, 1.807) is 11.3 Å². The van der Waals surface area contributed by atoms with Gasteiger partial charge in [-0.1, -0.05) is 13.8 Å². The molecule has 2 unspecified atom stereocenters. The predicted molar refractivity (Wildman–Crippen MR) is 75.6 cm³/mol. The van der Waals surface area contributed by atoms with Crippen molar-refractivity contribution in [3.05, 3.63) is 21.9 Å². The zero-order valence-corrected chi connectivity index (χ0v) is 12.4. The largest absolute Gasteiger partial charge is 0.318 e. The van der Waals surface area contributed by atoms with Gasteiger partial charge >= 0.3 is 0 Å². The van der Waals surface area contributed by atoms with Gasteiger partial charge in [0.15, 0.2) is 0 Å². The van der Waals surface area contributed by atoms with Crippen LogP contribution >= 0.6 is 11.3 Å². The average molecular weight is 266 g/mol. The summed E-state index contributed by atoms with van der Waals surface area (Å²) in [5, 5.41) is 3.33. The molecule has 1 aromatic rings. The molecule has 0 saturated carbocycles. The van der Waals surface area contributed by atoms with Gasteiger partial charge < -0.3 is 4.90 Å². The van der Waals surface area contributed by atoms with Gasteiger partial charge in [-0.05, 0) is 38.3 Å². The molecule has 0 aliphatic carbocycles. The van der Waals surface area contributed by atoms with Gasteiger partial charge in [0, 0.05) is 15.8 Å². The fourth-order valence-electron chi connectivity index (χ4n) is 2.65. The van der Waals surface area contributed by atoms with Crippen LogP contribution in [0.1, 0.15) is 43.1 Å². The Labute approximate surface area is 113 Å². The first kappa shape index (κ1) is 13.6. The van der Waals surface area contributed by atoms with Gasteiger partial charge in [-0.25, -0.2) is 0 Å². The van der Waals surface area contributed by atoms with E-state index in [-0.39, 0.29) is 12.1 Å². The van der Waals surface area contributed by atoms with Crippen molar-refractivity contribution in [1.29, 1.82) is 0 Å². The molecule has 1 aliphatic heterocycles. The molecule has 2 heterocycles. The zero-order valence-electron chi connectivity index (χ0n) is 11.6. The van der Waals surface area contributed by atoms with E-state index in [1.165, 1.54) is 9.75 Å². The lowest BCUT2D eigenvalue weighted by atomic mass is 10.0. The second-order valence-electron chi connectivity index (χ2n) is 5.51. The fourth-order valence-corrected chi connectivity index (χ4v) is 3.60. The normalized spacial score (nSPS) is 21.9. The molecule has 4 heteroatoms. The molecule has 100 valence electrons. The molecular formula is C14H22N2OS. The Bertz CT molecular complexity index is 427. The van der Waals surface area contributed by atoms with E-state index in [9.17, 15) is 4.79 Å². The first-order valence-electron chi connectivity index (χ1n) is 6.60. The van der Waals surface area contributed by atoms with E-state index in [0.717, 1.165) is 6.42 Å². The highest BCUT2D eigenvalue weighted by Gasteiger charge is 2.35. The van der Waals surface area contributed by atoms with Crippen molar-refractivity contribution in [3.8, 4) is 0 Å². The monoisotopic (exact) mass is 266 g/mol. The van der Waals surface area contributed by atoms with Gasteiger partial charge in [-0.15, -0.1) is 11.3 Å². The van der Waals surface area contributed by atoms with Gasteiger partial charge in [0.1, 0.15) is 6.17 Å². The summed E-state index contributed by atoms with van der Waals surface area (Å²) in [5.41, 5.74) is 0. The maximum absolute atomic E-state index is 12.1. The molecule has 1 fully saturated rings. The van der Waals surface area contributed by atoms with Crippen molar-refractivity contribution in [2.45, 2.75) is 46.3 Å². The number of hydrogen-bond donors (Lipinski definition) is 1. The van der Waals surface area contributed by atoms with Crippen LogP contribution in [0.15, 0.2) is 12.1 Å². The molecule has 2 atom stereocenters. The van der Waals surface area contributed by atoms with E-state index in [0.29, 0.717) is 18.5 Å². The Balaban J connectivity index is 2.17. The van der Waals surface area contributed by atoms with Crippen LogP contribution < -0.4 is 5.32 Å². The molecule has 2 rings (SSSR count). The van der Waals surface area contributed by atoms with Gasteiger partial charge in [0.05, 0.1) is 6.54 Å². The number of rotatable bonds is 4. The third-order valence-corrected chi connectivity index (χ3v) is 4.38. The summed E-state index contributed by atoms with van der Waals surface area (Å²) in [6.45, 7) is 9.12. The number of nitrogens with zero attached hydrogens (tertiary/aromatic N) is 1. The standard InChI is InChI=1S/C14H22N2OS/c1-9(2)7-10(3)16-13(17)8-15-14(16)12-6-5-11(4)18-12/h5-6,9-10,14-15H,7-8H2,1-4H3. The summed E-state index contributed by atoms with van der Waals surface area (Å²) in [4.78, 5) is 16.6. The van der Waals surface area contributed by atoms with E-state index in [4.69, 9.17) is 0 Å². The highest BCUT2D eigenvalue weighted by Crippen LogP contribution is 2.31. The third-order valence-electron chi connectivity index (χ3n) is 3.33. The molecule has 18 heavy (non-hydrogen) atoms. The summed E-state index contributed by atoms with van der Waals surface area (Å²) in [6, 6.07) is 4.54. The quantitative estimate of drug-likeness (QED) is 0.909. The van der Waals surface area contributed by atoms with Crippen LogP contribution in [0.3, 0.4) is 0 Å². The lowest BCUT2D eigenvalue weighted by molar-refractivity contribution is -0.130. The highest BCUT2D eigenvalue weighted by atomic mass is 32.1. The number of carbonyl (C=O) groups excluding carboxylic acids is 1. The minimum absolute atomic E-state index is 0.0740. The lowest BCUT2D eigenvalue weighted by Gasteiger charge is -2.31. The van der Waals surface area contributed by atoms with Crippen LogP contribution in [0.25, 0.3) is 0 Å². The van der Waals surface area contributed by atoms with Crippen molar-refractivity contribution >= 4 is 17.2 Å². The second-order valence-corrected chi connectivity index (χ2v) is 6.83. The van der Waals surface area contributed by atoms with Crippen LogP contribution in [0, 0.1) is 12.8 Å². The van der Waals surface area contributed by atoms with Crippen LogP contribution in [-0.2, 0) is 4.79 Å². The molecule has 0 bridgehead atoms. The predicted octanol–water partition coefficient (Wildman–Crippen LogP) is 2.92. The fraction of sp³-hybridized carbons (Fsp3) is 0.643. The Morgan fingerprint density at radius 1 is 1.44 bits per heavy atom. The Kier molecular flexibility index (Phi) is 4.07.